The van der Waals surface area contributed by atoms with Crippen molar-refractivity contribution in [3.63, 3.8) is 0 Å². The average Bonchev–Trinajstić information content (AvgIpc) is 2.61. The third kappa shape index (κ3) is 3.37. The Hall–Kier alpha value is -3.36. The molecule has 9 heteroatoms. The number of nitrogens with one attached hydrogen (secondary N) is 1. The van der Waals surface area contributed by atoms with Crippen LogP contribution in [0.1, 0.15) is 10.4 Å². The minimum absolute atomic E-state index is 0.0859. The minimum atomic E-state index is -4.90. The number of nitrogens with zero attached hydrogens (tertiary/aromatic N) is 2. The Morgan fingerprint density at radius 1 is 1.23 bits per heavy atom. The molecule has 26 heavy (non-hydrogen) atoms. The van der Waals surface area contributed by atoms with E-state index in [1.807, 2.05) is 0 Å². The number of alkyl halides is 3. The highest BCUT2D eigenvalue weighted by Crippen LogP contribution is 2.28. The number of rotatable bonds is 3. The zero-order chi connectivity index (χ0) is 18.9. The lowest BCUT2D eigenvalue weighted by Gasteiger charge is -2.17. The van der Waals surface area contributed by atoms with Crippen molar-refractivity contribution in [2.24, 2.45) is 0 Å². The van der Waals surface area contributed by atoms with Crippen molar-refractivity contribution in [1.82, 2.24) is 9.97 Å². The maximum atomic E-state index is 12.6. The van der Waals surface area contributed by atoms with E-state index in [4.69, 9.17) is 0 Å². The Bertz CT molecular complexity index is 1020. The molecule has 134 valence electrons. The van der Waals surface area contributed by atoms with E-state index in [9.17, 15) is 22.8 Å². The van der Waals surface area contributed by atoms with Crippen LogP contribution >= 0.6 is 0 Å². The second-order valence-corrected chi connectivity index (χ2v) is 5.33. The summed E-state index contributed by atoms with van der Waals surface area (Å²) in [6.45, 7) is 0. The lowest BCUT2D eigenvalue weighted by Crippen LogP contribution is -2.31. The first kappa shape index (κ1) is 17.5. The SMILES string of the molecule is CN(C(=O)c1c[nH]c2c(OC(F)(F)F)cccc2c1=O)c1cccnc1. The van der Waals surface area contributed by atoms with Gasteiger partial charge in [0, 0.05) is 19.4 Å². The van der Waals surface area contributed by atoms with Gasteiger partial charge in [-0.05, 0) is 24.3 Å². The molecule has 0 aliphatic carbocycles. The topological polar surface area (TPSA) is 75.3 Å². The smallest absolute Gasteiger partial charge is 0.404 e. The van der Waals surface area contributed by atoms with Crippen LogP contribution in [0.15, 0.2) is 53.7 Å². The van der Waals surface area contributed by atoms with Gasteiger partial charge < -0.3 is 14.6 Å². The van der Waals surface area contributed by atoms with Crippen LogP contribution in [-0.4, -0.2) is 29.3 Å². The number of carbonyl (C=O) groups excluding carboxylic acids is 1. The molecule has 3 rings (SSSR count). The van der Waals surface area contributed by atoms with Crippen molar-refractivity contribution >= 4 is 22.5 Å². The summed E-state index contributed by atoms with van der Waals surface area (Å²) in [5, 5.41) is -0.0859. The van der Waals surface area contributed by atoms with Crippen LogP contribution in [0.5, 0.6) is 5.75 Å². The van der Waals surface area contributed by atoms with Gasteiger partial charge in [-0.25, -0.2) is 0 Å². The number of ether oxygens (including phenoxy) is 1. The van der Waals surface area contributed by atoms with Crippen LogP contribution in [0.4, 0.5) is 18.9 Å². The van der Waals surface area contributed by atoms with E-state index in [0.717, 1.165) is 12.3 Å². The van der Waals surface area contributed by atoms with E-state index in [-0.39, 0.29) is 16.5 Å². The molecule has 0 radical (unpaired) electrons. The van der Waals surface area contributed by atoms with Gasteiger partial charge in [-0.3, -0.25) is 14.6 Å². The third-order valence-electron chi connectivity index (χ3n) is 3.67. The van der Waals surface area contributed by atoms with Crippen molar-refractivity contribution in [1.29, 1.82) is 0 Å². The van der Waals surface area contributed by atoms with Gasteiger partial charge >= 0.3 is 6.36 Å². The summed E-state index contributed by atoms with van der Waals surface area (Å²) in [5.74, 6) is -1.17. The van der Waals surface area contributed by atoms with Crippen molar-refractivity contribution in [2.45, 2.75) is 6.36 Å². The summed E-state index contributed by atoms with van der Waals surface area (Å²) in [4.78, 5) is 32.9. The van der Waals surface area contributed by atoms with Gasteiger partial charge in [0.05, 0.1) is 22.8 Å². The second kappa shape index (κ2) is 6.51. The van der Waals surface area contributed by atoms with Gasteiger partial charge in [-0.2, -0.15) is 0 Å². The lowest BCUT2D eigenvalue weighted by molar-refractivity contribution is -0.274. The molecule has 0 aliphatic rings. The molecule has 0 unspecified atom stereocenters. The molecule has 2 heterocycles. The molecular weight excluding hydrogens is 351 g/mol. The first-order chi connectivity index (χ1) is 12.3. The zero-order valence-electron chi connectivity index (χ0n) is 13.4. The van der Waals surface area contributed by atoms with Gasteiger partial charge in [-0.15, -0.1) is 13.2 Å². The monoisotopic (exact) mass is 363 g/mol. The summed E-state index contributed by atoms with van der Waals surface area (Å²) in [6, 6.07) is 6.91. The molecule has 0 atom stereocenters. The quantitative estimate of drug-likeness (QED) is 0.776. The fourth-order valence-corrected chi connectivity index (χ4v) is 2.44. The van der Waals surface area contributed by atoms with Crippen molar-refractivity contribution in [3.8, 4) is 5.75 Å². The number of hydrogen-bond donors (Lipinski definition) is 1. The molecule has 0 fully saturated rings. The molecule has 0 spiro atoms. The van der Waals surface area contributed by atoms with E-state index in [1.165, 1.54) is 36.5 Å². The fourth-order valence-electron chi connectivity index (χ4n) is 2.44. The Morgan fingerprint density at radius 3 is 2.65 bits per heavy atom. The van der Waals surface area contributed by atoms with E-state index in [2.05, 4.69) is 14.7 Å². The predicted octanol–water partition coefficient (Wildman–Crippen LogP) is 3.10. The molecule has 6 nitrogen and oxygen atoms in total. The number of benzene rings is 1. The molecule has 0 aliphatic heterocycles. The number of amides is 1. The molecule has 1 N–H and O–H groups in total. The van der Waals surface area contributed by atoms with E-state index in [1.54, 1.807) is 12.1 Å². The summed E-state index contributed by atoms with van der Waals surface area (Å²) in [6.07, 6.45) is -0.849. The molecule has 1 aromatic carbocycles. The highest BCUT2D eigenvalue weighted by atomic mass is 19.4. The number of pyridine rings is 2. The maximum absolute atomic E-state index is 12.6. The highest BCUT2D eigenvalue weighted by Gasteiger charge is 2.32. The average molecular weight is 363 g/mol. The van der Waals surface area contributed by atoms with Crippen LogP contribution in [0.3, 0.4) is 0 Å². The Kier molecular flexibility index (Phi) is 4.37. The molecule has 0 saturated heterocycles. The van der Waals surface area contributed by atoms with Crippen molar-refractivity contribution in [2.75, 3.05) is 11.9 Å². The first-order valence-electron chi connectivity index (χ1n) is 7.36. The van der Waals surface area contributed by atoms with Gasteiger partial charge in [-0.1, -0.05) is 6.07 Å². The Balaban J connectivity index is 2.05. The molecule has 1 amide bonds. The molecule has 3 aromatic rings. The number of aromatic nitrogens is 2. The largest absolute Gasteiger partial charge is 0.573 e. The summed E-state index contributed by atoms with van der Waals surface area (Å²) >= 11 is 0. The number of anilines is 1. The van der Waals surface area contributed by atoms with Gasteiger partial charge in [0.25, 0.3) is 5.91 Å². The number of carbonyl (C=O) groups is 1. The standard InChI is InChI=1S/C17H12F3N3O3/c1-23(10-4-3-7-21-8-10)16(25)12-9-22-14-11(15(12)24)5-2-6-13(14)26-17(18,19)20/h2-9H,1H3,(H,22,24). The van der Waals surface area contributed by atoms with Crippen LogP contribution in [0.2, 0.25) is 0 Å². The first-order valence-corrected chi connectivity index (χ1v) is 7.36. The minimum Gasteiger partial charge on any atom is -0.404 e. The number of halogens is 3. The van der Waals surface area contributed by atoms with Crippen LogP contribution in [-0.2, 0) is 0 Å². The Morgan fingerprint density at radius 2 is 2.00 bits per heavy atom. The summed E-state index contributed by atoms with van der Waals surface area (Å²) < 4.78 is 41.4. The van der Waals surface area contributed by atoms with E-state index < -0.39 is 23.4 Å². The van der Waals surface area contributed by atoms with Crippen molar-refractivity contribution in [3.05, 3.63) is 64.7 Å². The fraction of sp³-hybridized carbons (Fsp3) is 0.118. The van der Waals surface area contributed by atoms with Gasteiger partial charge in [0.2, 0.25) is 5.43 Å². The summed E-state index contributed by atoms with van der Waals surface area (Å²) in [7, 11) is 1.46. The third-order valence-corrected chi connectivity index (χ3v) is 3.67. The maximum Gasteiger partial charge on any atom is 0.573 e. The molecular formula is C17H12F3N3O3. The van der Waals surface area contributed by atoms with Crippen LogP contribution < -0.4 is 15.1 Å². The normalized spacial score (nSPS) is 11.4. The lowest BCUT2D eigenvalue weighted by atomic mass is 10.1. The number of H-pyrrole nitrogens is 1. The number of para-hydroxylation sites is 1. The van der Waals surface area contributed by atoms with Crippen LogP contribution in [0.25, 0.3) is 10.9 Å². The van der Waals surface area contributed by atoms with E-state index in [0.29, 0.717) is 5.69 Å². The number of aromatic amines is 1. The van der Waals surface area contributed by atoms with Crippen molar-refractivity contribution < 1.29 is 22.7 Å². The second-order valence-electron chi connectivity index (χ2n) is 5.33. The zero-order valence-corrected chi connectivity index (χ0v) is 13.4. The highest BCUT2D eigenvalue weighted by molar-refractivity contribution is 6.07. The van der Waals surface area contributed by atoms with Gasteiger partial charge in [0.1, 0.15) is 5.56 Å². The van der Waals surface area contributed by atoms with E-state index >= 15 is 0 Å². The van der Waals surface area contributed by atoms with Crippen LogP contribution in [0, 0.1) is 0 Å². The van der Waals surface area contributed by atoms with Gasteiger partial charge in [0.15, 0.2) is 5.75 Å². The predicted molar refractivity (Wildman–Crippen MR) is 88.2 cm³/mol. The summed E-state index contributed by atoms with van der Waals surface area (Å²) in [5.41, 5.74) is -0.596. The number of fused-ring (bicyclic) bond motifs is 1. The molecule has 2 aromatic heterocycles. The number of hydrogen-bond acceptors (Lipinski definition) is 4. The Labute approximate surface area is 144 Å². The molecule has 0 saturated carbocycles. The molecule has 0 bridgehead atoms.